The van der Waals surface area contributed by atoms with Crippen molar-refractivity contribution in [3.05, 3.63) is 35.9 Å². The number of carbonyl (C=O) groups is 5. The highest BCUT2D eigenvalue weighted by Crippen LogP contribution is 2.12. The summed E-state index contributed by atoms with van der Waals surface area (Å²) in [5.74, 6) is -4.96. The van der Waals surface area contributed by atoms with Gasteiger partial charge in [0, 0.05) is 19.4 Å². The minimum absolute atomic E-state index is 0.0555. The van der Waals surface area contributed by atoms with Crippen LogP contribution < -0.4 is 33.2 Å². The van der Waals surface area contributed by atoms with Crippen molar-refractivity contribution in [3.63, 3.8) is 0 Å². The van der Waals surface area contributed by atoms with Gasteiger partial charge in [0.05, 0.1) is 6.04 Å². The van der Waals surface area contributed by atoms with E-state index in [1.54, 1.807) is 37.3 Å². The van der Waals surface area contributed by atoms with Crippen molar-refractivity contribution in [1.82, 2.24) is 16.0 Å². The van der Waals surface area contributed by atoms with Gasteiger partial charge in [-0.05, 0) is 30.7 Å². The van der Waals surface area contributed by atoms with E-state index in [1.165, 1.54) is 0 Å². The molecular weight excluding hydrogens is 522 g/mol. The lowest BCUT2D eigenvalue weighted by Crippen LogP contribution is -2.59. The molecule has 0 aliphatic carbocycles. The number of aliphatic carboxylic acids is 2. The van der Waals surface area contributed by atoms with Gasteiger partial charge in [-0.1, -0.05) is 50.6 Å². The normalized spacial score (nSPS) is 14.5. The van der Waals surface area contributed by atoms with Gasteiger partial charge in [-0.3, -0.25) is 24.2 Å². The first-order valence-corrected chi connectivity index (χ1v) is 13.1. The molecule has 0 heterocycles. The molecule has 0 aliphatic heterocycles. The average Bonchev–Trinajstić information content (AvgIpc) is 2.90. The van der Waals surface area contributed by atoms with E-state index in [4.69, 9.17) is 22.3 Å². The summed E-state index contributed by atoms with van der Waals surface area (Å²) in [5, 5.41) is 26.2. The average molecular weight is 564 g/mol. The van der Waals surface area contributed by atoms with Crippen LogP contribution in [-0.4, -0.2) is 76.5 Å². The molecule has 5 atom stereocenters. The second-order valence-corrected chi connectivity index (χ2v) is 9.51. The molecule has 40 heavy (non-hydrogen) atoms. The minimum atomic E-state index is -1.25. The van der Waals surface area contributed by atoms with E-state index >= 15 is 0 Å². The van der Waals surface area contributed by atoms with E-state index in [2.05, 4.69) is 20.9 Å². The highest BCUT2D eigenvalue weighted by molar-refractivity contribution is 5.94. The Kier molecular flexibility index (Phi) is 14.7. The van der Waals surface area contributed by atoms with Gasteiger partial charge in [0.1, 0.15) is 18.1 Å². The molecule has 0 saturated carbocycles. The maximum absolute atomic E-state index is 13.4. The van der Waals surface area contributed by atoms with Crippen molar-refractivity contribution in [2.75, 3.05) is 6.54 Å². The van der Waals surface area contributed by atoms with Crippen molar-refractivity contribution in [2.45, 2.75) is 76.5 Å². The lowest BCUT2D eigenvalue weighted by molar-refractivity contribution is -0.143. The summed E-state index contributed by atoms with van der Waals surface area (Å²) in [5.41, 5.74) is 17.1. The molecule has 0 aromatic heterocycles. The molecule has 0 saturated heterocycles. The second kappa shape index (κ2) is 17.4. The molecule has 5 unspecified atom stereocenters. The van der Waals surface area contributed by atoms with Crippen molar-refractivity contribution in [1.29, 1.82) is 0 Å². The van der Waals surface area contributed by atoms with Gasteiger partial charge in [0.15, 0.2) is 5.96 Å². The Balaban J connectivity index is 3.07. The first-order chi connectivity index (χ1) is 18.8. The van der Waals surface area contributed by atoms with Gasteiger partial charge in [0.2, 0.25) is 17.7 Å². The fraction of sp³-hybridized carbons (Fsp3) is 0.538. The highest BCUT2D eigenvalue weighted by Gasteiger charge is 2.32. The number of nitrogens with two attached hydrogens (primary N) is 3. The molecular formula is C26H41N7O7. The van der Waals surface area contributed by atoms with Crippen LogP contribution in [0, 0.1) is 5.92 Å². The van der Waals surface area contributed by atoms with Gasteiger partial charge in [-0.15, -0.1) is 0 Å². The Labute approximate surface area is 233 Å². The van der Waals surface area contributed by atoms with Gasteiger partial charge >= 0.3 is 11.9 Å². The molecule has 0 fully saturated rings. The lowest BCUT2D eigenvalue weighted by atomic mass is 9.96. The number of nitrogens with one attached hydrogen (secondary N) is 3. The maximum Gasteiger partial charge on any atom is 0.326 e. The maximum atomic E-state index is 13.4. The van der Waals surface area contributed by atoms with E-state index in [1.807, 2.05) is 6.92 Å². The van der Waals surface area contributed by atoms with E-state index in [0.717, 1.165) is 5.56 Å². The Hall–Kier alpha value is -4.20. The van der Waals surface area contributed by atoms with Crippen LogP contribution in [0.2, 0.25) is 0 Å². The van der Waals surface area contributed by atoms with Gasteiger partial charge < -0.3 is 43.4 Å². The Morgan fingerprint density at radius 1 is 0.900 bits per heavy atom. The zero-order valence-electron chi connectivity index (χ0n) is 22.8. The first kappa shape index (κ1) is 33.8. The van der Waals surface area contributed by atoms with E-state index < -0.39 is 53.8 Å². The number of hydrogen-bond donors (Lipinski definition) is 8. The van der Waals surface area contributed by atoms with Crippen LogP contribution in [-0.2, 0) is 30.4 Å². The first-order valence-electron chi connectivity index (χ1n) is 13.1. The number of carboxylic acid groups (broad SMARTS) is 2. The van der Waals surface area contributed by atoms with Crippen LogP contribution in [0.25, 0.3) is 0 Å². The zero-order valence-corrected chi connectivity index (χ0v) is 22.8. The van der Waals surface area contributed by atoms with Crippen molar-refractivity contribution in [3.8, 4) is 0 Å². The van der Waals surface area contributed by atoms with Gasteiger partial charge in [-0.25, -0.2) is 4.79 Å². The molecule has 14 heteroatoms. The Morgan fingerprint density at radius 2 is 1.52 bits per heavy atom. The molecule has 0 bridgehead atoms. The number of rotatable bonds is 18. The SMILES string of the molecule is CCC(C)C(NC(=O)C(Cc1ccccc1)NC(=O)C(N)CCC(=O)O)C(=O)NC(CCCN=C(N)N)C(=O)O. The summed E-state index contributed by atoms with van der Waals surface area (Å²) in [6.45, 7) is 3.72. The Bertz CT molecular complexity index is 1030. The van der Waals surface area contributed by atoms with E-state index in [0.29, 0.717) is 12.8 Å². The molecule has 0 radical (unpaired) electrons. The van der Waals surface area contributed by atoms with Gasteiger partial charge in [0.25, 0.3) is 0 Å². The molecule has 3 amide bonds. The lowest BCUT2D eigenvalue weighted by Gasteiger charge is -2.28. The monoisotopic (exact) mass is 563 g/mol. The predicted octanol–water partition coefficient (Wildman–Crippen LogP) is -0.940. The molecule has 14 nitrogen and oxygen atoms in total. The number of nitrogens with zero attached hydrogens (tertiary/aromatic N) is 1. The number of hydrogen-bond acceptors (Lipinski definition) is 7. The van der Waals surface area contributed by atoms with Crippen LogP contribution in [0.1, 0.15) is 51.5 Å². The quantitative estimate of drug-likeness (QED) is 0.0618. The molecule has 1 rings (SSSR count). The summed E-state index contributed by atoms with van der Waals surface area (Å²) < 4.78 is 0. The number of benzene rings is 1. The van der Waals surface area contributed by atoms with Crippen LogP contribution in [0.3, 0.4) is 0 Å². The zero-order chi connectivity index (χ0) is 30.2. The van der Waals surface area contributed by atoms with Gasteiger partial charge in [-0.2, -0.15) is 0 Å². The third-order valence-corrected chi connectivity index (χ3v) is 6.27. The molecule has 0 spiro atoms. The summed E-state index contributed by atoms with van der Waals surface area (Å²) in [6.07, 6.45) is 0.455. The number of amides is 3. The molecule has 1 aromatic carbocycles. The molecule has 0 aliphatic rings. The summed E-state index contributed by atoms with van der Waals surface area (Å²) in [4.78, 5) is 65.7. The summed E-state index contributed by atoms with van der Waals surface area (Å²) in [7, 11) is 0. The topological polar surface area (TPSA) is 252 Å². The fourth-order valence-corrected chi connectivity index (χ4v) is 3.73. The molecule has 222 valence electrons. The third kappa shape index (κ3) is 12.6. The molecule has 1 aromatic rings. The fourth-order valence-electron chi connectivity index (χ4n) is 3.73. The minimum Gasteiger partial charge on any atom is -0.481 e. The number of carboxylic acids is 2. The largest absolute Gasteiger partial charge is 0.481 e. The van der Waals surface area contributed by atoms with Crippen LogP contribution in [0.4, 0.5) is 0 Å². The van der Waals surface area contributed by atoms with Crippen LogP contribution >= 0.6 is 0 Å². The number of carbonyl (C=O) groups excluding carboxylic acids is 3. The van der Waals surface area contributed by atoms with Crippen molar-refractivity contribution >= 4 is 35.6 Å². The van der Waals surface area contributed by atoms with Crippen molar-refractivity contribution < 1.29 is 34.2 Å². The standard InChI is InChI=1S/C26H41N7O7/c1-3-15(2)21(24(38)31-18(25(39)40)10-7-13-30-26(28)29)33-23(37)19(14-16-8-5-4-6-9-16)32-22(36)17(27)11-12-20(34)35/h4-6,8-9,15,17-19,21H,3,7,10-14,27H2,1-2H3,(H,31,38)(H,32,36)(H,33,37)(H,34,35)(H,39,40)(H4,28,29,30). The van der Waals surface area contributed by atoms with E-state index in [-0.39, 0.29) is 44.1 Å². The third-order valence-electron chi connectivity index (χ3n) is 6.27. The molecule has 11 N–H and O–H groups in total. The number of aliphatic imine (C=N–C) groups is 1. The highest BCUT2D eigenvalue weighted by atomic mass is 16.4. The van der Waals surface area contributed by atoms with Crippen LogP contribution in [0.5, 0.6) is 0 Å². The van der Waals surface area contributed by atoms with E-state index in [9.17, 15) is 29.1 Å². The Morgan fingerprint density at radius 3 is 2.08 bits per heavy atom. The smallest absolute Gasteiger partial charge is 0.326 e. The number of guanidine groups is 1. The summed E-state index contributed by atoms with van der Waals surface area (Å²) >= 11 is 0. The second-order valence-electron chi connectivity index (χ2n) is 9.51. The van der Waals surface area contributed by atoms with Crippen molar-refractivity contribution in [2.24, 2.45) is 28.1 Å². The van der Waals surface area contributed by atoms with Crippen LogP contribution in [0.15, 0.2) is 35.3 Å². The summed E-state index contributed by atoms with van der Waals surface area (Å²) in [6, 6.07) is 4.19. The predicted molar refractivity (Wildman–Crippen MR) is 148 cm³/mol.